The number of rotatable bonds is 9. The zero-order chi connectivity index (χ0) is 14.3. The van der Waals surface area contributed by atoms with Crippen molar-refractivity contribution >= 4 is 0 Å². The molecule has 1 nitrogen and oxygen atoms in total. The van der Waals surface area contributed by atoms with Gasteiger partial charge in [-0.2, -0.15) is 0 Å². The molecule has 0 bridgehead atoms. The summed E-state index contributed by atoms with van der Waals surface area (Å²) in [5, 5.41) is 0. The van der Waals surface area contributed by atoms with Crippen LogP contribution < -0.4 is 0 Å². The number of nitrogens with zero attached hydrogens (tertiary/aromatic N) is 1. The first-order valence-electron chi connectivity index (χ1n) is 7.21. The van der Waals surface area contributed by atoms with Gasteiger partial charge in [-0.15, -0.1) is 6.58 Å². The molecule has 0 aliphatic rings. The first kappa shape index (κ1) is 17.4. The maximum atomic E-state index is 4.13. The first-order valence-corrected chi connectivity index (χ1v) is 7.21. The van der Waals surface area contributed by atoms with Crippen LogP contribution in [-0.4, -0.2) is 24.5 Å². The van der Waals surface area contributed by atoms with E-state index in [1.807, 2.05) is 6.08 Å². The van der Waals surface area contributed by atoms with Crippen molar-refractivity contribution in [2.24, 2.45) is 11.3 Å². The number of allylic oxidation sites excluding steroid dienone is 1. The fraction of sp³-hybridized carbons (Fsp3) is 0.765. The Balaban J connectivity index is 4.43. The highest BCUT2D eigenvalue weighted by atomic mass is 15.1. The van der Waals surface area contributed by atoms with Crippen LogP contribution in [0.5, 0.6) is 0 Å². The maximum Gasteiger partial charge on any atom is 0.0160 e. The maximum absolute atomic E-state index is 4.13. The summed E-state index contributed by atoms with van der Waals surface area (Å²) in [7, 11) is 2.18. The molecule has 0 saturated heterocycles. The lowest BCUT2D eigenvalue weighted by atomic mass is 9.75. The van der Waals surface area contributed by atoms with E-state index in [1.54, 1.807) is 0 Å². The topological polar surface area (TPSA) is 3.24 Å². The van der Waals surface area contributed by atoms with Crippen LogP contribution in [0.2, 0.25) is 0 Å². The number of hydrogen-bond acceptors (Lipinski definition) is 1. The summed E-state index contributed by atoms with van der Waals surface area (Å²) in [6, 6.07) is 0.619. The highest BCUT2D eigenvalue weighted by Gasteiger charge is 2.24. The molecule has 0 rings (SSSR count). The fourth-order valence-electron chi connectivity index (χ4n) is 2.34. The Labute approximate surface area is 115 Å². The monoisotopic (exact) mass is 251 g/mol. The van der Waals surface area contributed by atoms with Crippen molar-refractivity contribution in [3.05, 3.63) is 24.8 Å². The minimum absolute atomic E-state index is 0.261. The van der Waals surface area contributed by atoms with Gasteiger partial charge in [-0.3, -0.25) is 0 Å². The Morgan fingerprint density at radius 3 is 2.33 bits per heavy atom. The highest BCUT2D eigenvalue weighted by molar-refractivity contribution is 5.03. The average molecular weight is 251 g/mol. The molecule has 0 aromatic carbocycles. The second-order valence-corrected chi connectivity index (χ2v) is 6.46. The van der Waals surface area contributed by atoms with E-state index in [0.717, 1.165) is 12.5 Å². The summed E-state index contributed by atoms with van der Waals surface area (Å²) in [6.45, 7) is 20.3. The summed E-state index contributed by atoms with van der Waals surface area (Å²) in [5.41, 5.74) is 1.56. The molecule has 0 saturated carbocycles. The Kier molecular flexibility index (Phi) is 7.54. The van der Waals surface area contributed by atoms with E-state index in [4.69, 9.17) is 0 Å². The van der Waals surface area contributed by atoms with Crippen molar-refractivity contribution in [2.75, 3.05) is 13.6 Å². The van der Waals surface area contributed by atoms with Gasteiger partial charge < -0.3 is 4.90 Å². The molecule has 0 spiro atoms. The van der Waals surface area contributed by atoms with Crippen molar-refractivity contribution in [1.82, 2.24) is 4.90 Å². The van der Waals surface area contributed by atoms with E-state index in [-0.39, 0.29) is 5.41 Å². The minimum atomic E-state index is 0.261. The Morgan fingerprint density at radius 2 is 1.94 bits per heavy atom. The Morgan fingerprint density at radius 1 is 1.39 bits per heavy atom. The third kappa shape index (κ3) is 5.86. The van der Waals surface area contributed by atoms with E-state index in [9.17, 15) is 0 Å². The highest BCUT2D eigenvalue weighted by Crippen LogP contribution is 2.35. The van der Waals surface area contributed by atoms with E-state index in [1.165, 1.54) is 24.8 Å². The van der Waals surface area contributed by atoms with Gasteiger partial charge in [0.1, 0.15) is 0 Å². The molecule has 0 heterocycles. The molecule has 0 aromatic heterocycles. The van der Waals surface area contributed by atoms with Crippen molar-refractivity contribution in [2.45, 2.75) is 59.9 Å². The number of likely N-dealkylation sites (N-methyl/N-ethyl adjacent to an activating group) is 1. The van der Waals surface area contributed by atoms with Crippen LogP contribution in [0.1, 0.15) is 53.9 Å². The van der Waals surface area contributed by atoms with Crippen LogP contribution in [0.25, 0.3) is 0 Å². The van der Waals surface area contributed by atoms with Gasteiger partial charge in [0.05, 0.1) is 0 Å². The normalized spacial score (nSPS) is 15.5. The largest absolute Gasteiger partial charge is 0.300 e. The zero-order valence-corrected chi connectivity index (χ0v) is 13.4. The average Bonchev–Trinajstić information content (AvgIpc) is 2.27. The lowest BCUT2D eigenvalue weighted by molar-refractivity contribution is 0.206. The quantitative estimate of drug-likeness (QED) is 0.527. The fourth-order valence-corrected chi connectivity index (χ4v) is 2.34. The van der Waals surface area contributed by atoms with Crippen molar-refractivity contribution in [3.8, 4) is 0 Å². The summed E-state index contributed by atoms with van der Waals surface area (Å²) in [4.78, 5) is 2.38. The lowest BCUT2D eigenvalue weighted by Gasteiger charge is -2.33. The predicted molar refractivity (Wildman–Crippen MR) is 83.9 cm³/mol. The van der Waals surface area contributed by atoms with Crippen LogP contribution in [-0.2, 0) is 0 Å². The Bertz CT molecular complexity index is 265. The second-order valence-electron chi connectivity index (χ2n) is 6.46. The first-order chi connectivity index (χ1) is 8.24. The molecule has 2 unspecified atom stereocenters. The molecule has 0 radical (unpaired) electrons. The van der Waals surface area contributed by atoms with Gasteiger partial charge in [0.25, 0.3) is 0 Å². The van der Waals surface area contributed by atoms with Gasteiger partial charge in [0.2, 0.25) is 0 Å². The molecule has 2 atom stereocenters. The molecule has 0 aromatic rings. The summed E-state index contributed by atoms with van der Waals surface area (Å²) in [5.74, 6) is 0.777. The zero-order valence-electron chi connectivity index (χ0n) is 13.4. The van der Waals surface area contributed by atoms with E-state index in [0.29, 0.717) is 6.04 Å². The molecule has 0 aliphatic carbocycles. The predicted octanol–water partition coefficient (Wildman–Crippen LogP) is 4.90. The van der Waals surface area contributed by atoms with Gasteiger partial charge in [0.15, 0.2) is 0 Å². The minimum Gasteiger partial charge on any atom is -0.300 e. The number of hydrogen-bond donors (Lipinski definition) is 0. The molecule has 0 amide bonds. The SMILES string of the molecule is C=CCN(C)C(C)CC(CC)CC(C)(C)C(=C)C. The van der Waals surface area contributed by atoms with E-state index in [2.05, 4.69) is 59.7 Å². The second kappa shape index (κ2) is 7.78. The molecule has 18 heavy (non-hydrogen) atoms. The van der Waals surface area contributed by atoms with Gasteiger partial charge in [-0.25, -0.2) is 0 Å². The lowest BCUT2D eigenvalue weighted by Crippen LogP contribution is -2.32. The van der Waals surface area contributed by atoms with Crippen LogP contribution in [0.3, 0.4) is 0 Å². The van der Waals surface area contributed by atoms with Crippen molar-refractivity contribution < 1.29 is 0 Å². The molecule has 106 valence electrons. The third-order valence-electron chi connectivity index (χ3n) is 4.38. The van der Waals surface area contributed by atoms with Gasteiger partial charge >= 0.3 is 0 Å². The molecular formula is C17H33N. The van der Waals surface area contributed by atoms with Crippen LogP contribution >= 0.6 is 0 Å². The molecule has 0 N–H and O–H groups in total. The third-order valence-corrected chi connectivity index (χ3v) is 4.38. The van der Waals surface area contributed by atoms with Crippen LogP contribution in [0, 0.1) is 11.3 Å². The van der Waals surface area contributed by atoms with E-state index < -0.39 is 0 Å². The van der Waals surface area contributed by atoms with Gasteiger partial charge in [-0.1, -0.05) is 45.4 Å². The van der Waals surface area contributed by atoms with E-state index >= 15 is 0 Å². The molecular weight excluding hydrogens is 218 g/mol. The van der Waals surface area contributed by atoms with Crippen LogP contribution in [0.15, 0.2) is 24.8 Å². The standard InChI is InChI=1S/C17H33N/c1-9-11-18(8)15(5)12-16(10-2)13-17(6,7)14(3)4/h9,15-16H,1,3,10-13H2,2,4-8H3. The summed E-state index contributed by atoms with van der Waals surface area (Å²) >= 11 is 0. The van der Waals surface area contributed by atoms with Crippen molar-refractivity contribution in [3.63, 3.8) is 0 Å². The van der Waals surface area contributed by atoms with Crippen LogP contribution in [0.4, 0.5) is 0 Å². The van der Waals surface area contributed by atoms with Gasteiger partial charge in [0, 0.05) is 12.6 Å². The molecule has 1 heteroatoms. The van der Waals surface area contributed by atoms with Crippen molar-refractivity contribution in [1.29, 1.82) is 0 Å². The van der Waals surface area contributed by atoms with Gasteiger partial charge in [-0.05, 0) is 45.1 Å². The smallest absolute Gasteiger partial charge is 0.0160 e. The summed E-state index contributed by atoms with van der Waals surface area (Å²) in [6.07, 6.45) is 5.74. The Hall–Kier alpha value is -0.560. The molecule has 0 aliphatic heterocycles. The molecule has 0 fully saturated rings. The summed E-state index contributed by atoms with van der Waals surface area (Å²) < 4.78 is 0.